The predicted molar refractivity (Wildman–Crippen MR) is 80.9 cm³/mol. The summed E-state index contributed by atoms with van der Waals surface area (Å²) >= 11 is 0. The van der Waals surface area contributed by atoms with Gasteiger partial charge < -0.3 is 15.8 Å². The number of rotatable bonds is 4. The Morgan fingerprint density at radius 2 is 1.90 bits per heavy atom. The highest BCUT2D eigenvalue weighted by molar-refractivity contribution is 5.92. The van der Waals surface area contributed by atoms with E-state index in [1.165, 1.54) is 5.56 Å². The molecule has 0 fully saturated rings. The van der Waals surface area contributed by atoms with Gasteiger partial charge in [0.1, 0.15) is 5.75 Å². The fraction of sp³-hybridized carbons (Fsp3) is 0.188. The molecule has 0 unspecified atom stereocenters. The molecule has 0 aliphatic carbocycles. The number of carbonyl (C=O) groups is 1. The maximum Gasteiger partial charge on any atom is 0.228 e. The van der Waals surface area contributed by atoms with Crippen LogP contribution in [0.2, 0.25) is 0 Å². The molecule has 0 radical (unpaired) electrons. The van der Waals surface area contributed by atoms with Gasteiger partial charge in [-0.05, 0) is 24.6 Å². The molecule has 0 heterocycles. The molecule has 0 aliphatic heterocycles. The molecule has 0 aliphatic rings. The van der Waals surface area contributed by atoms with E-state index in [4.69, 9.17) is 10.5 Å². The maximum atomic E-state index is 12.0. The van der Waals surface area contributed by atoms with E-state index >= 15 is 0 Å². The number of amides is 1. The molecule has 2 aromatic rings. The zero-order valence-corrected chi connectivity index (χ0v) is 11.6. The van der Waals surface area contributed by atoms with Crippen molar-refractivity contribution in [3.63, 3.8) is 0 Å². The van der Waals surface area contributed by atoms with Crippen molar-refractivity contribution in [3.05, 3.63) is 53.6 Å². The quantitative estimate of drug-likeness (QED) is 0.840. The largest absolute Gasteiger partial charge is 0.495 e. The van der Waals surface area contributed by atoms with E-state index in [2.05, 4.69) is 5.32 Å². The molecule has 0 atom stereocenters. The lowest BCUT2D eigenvalue weighted by molar-refractivity contribution is -0.115. The lowest BCUT2D eigenvalue weighted by Gasteiger charge is -2.09. The fourth-order valence-electron chi connectivity index (χ4n) is 1.89. The minimum absolute atomic E-state index is 0.0688. The van der Waals surface area contributed by atoms with Gasteiger partial charge in [0, 0.05) is 11.8 Å². The molecule has 1 amide bonds. The van der Waals surface area contributed by atoms with Crippen LogP contribution >= 0.6 is 0 Å². The summed E-state index contributed by atoms with van der Waals surface area (Å²) in [6, 6.07) is 13.1. The molecule has 0 bridgehead atoms. The molecule has 0 saturated heterocycles. The van der Waals surface area contributed by atoms with E-state index in [-0.39, 0.29) is 5.91 Å². The number of nitrogen functional groups attached to an aromatic ring is 1. The average molecular weight is 270 g/mol. The third-order valence-electron chi connectivity index (χ3n) is 3.00. The van der Waals surface area contributed by atoms with Crippen LogP contribution in [0.5, 0.6) is 5.75 Å². The van der Waals surface area contributed by atoms with Crippen LogP contribution in [0.1, 0.15) is 11.1 Å². The Morgan fingerprint density at radius 3 is 2.55 bits per heavy atom. The van der Waals surface area contributed by atoms with Crippen molar-refractivity contribution >= 4 is 17.3 Å². The van der Waals surface area contributed by atoms with Crippen LogP contribution in [-0.2, 0) is 11.2 Å². The van der Waals surface area contributed by atoms with Crippen molar-refractivity contribution < 1.29 is 9.53 Å². The second-order valence-electron chi connectivity index (χ2n) is 4.67. The van der Waals surface area contributed by atoms with Gasteiger partial charge in [-0.1, -0.05) is 29.8 Å². The number of anilines is 2. The Balaban J connectivity index is 2.02. The third kappa shape index (κ3) is 3.51. The van der Waals surface area contributed by atoms with Crippen LogP contribution in [0.4, 0.5) is 11.4 Å². The number of hydrogen-bond acceptors (Lipinski definition) is 3. The first-order chi connectivity index (χ1) is 9.58. The number of benzene rings is 2. The summed E-state index contributed by atoms with van der Waals surface area (Å²) in [5, 5.41) is 2.83. The van der Waals surface area contributed by atoms with Crippen molar-refractivity contribution in [1.29, 1.82) is 0 Å². The summed E-state index contributed by atoms with van der Waals surface area (Å²) in [6.07, 6.45) is 0.340. The fourth-order valence-corrected chi connectivity index (χ4v) is 1.89. The van der Waals surface area contributed by atoms with E-state index in [1.54, 1.807) is 25.3 Å². The van der Waals surface area contributed by atoms with Gasteiger partial charge >= 0.3 is 0 Å². The lowest BCUT2D eigenvalue weighted by atomic mass is 10.1. The van der Waals surface area contributed by atoms with Crippen molar-refractivity contribution in [1.82, 2.24) is 0 Å². The summed E-state index contributed by atoms with van der Waals surface area (Å²) in [4.78, 5) is 12.0. The highest BCUT2D eigenvalue weighted by Crippen LogP contribution is 2.25. The highest BCUT2D eigenvalue weighted by Gasteiger charge is 2.06. The highest BCUT2D eigenvalue weighted by atomic mass is 16.5. The first-order valence-electron chi connectivity index (χ1n) is 6.37. The van der Waals surface area contributed by atoms with E-state index in [0.717, 1.165) is 5.56 Å². The SMILES string of the molecule is COc1cc(NC(=O)Cc2ccc(C)cc2)ccc1N. The minimum Gasteiger partial charge on any atom is -0.495 e. The van der Waals surface area contributed by atoms with E-state index in [0.29, 0.717) is 23.5 Å². The molecule has 3 N–H and O–H groups in total. The molecule has 2 aromatic carbocycles. The zero-order chi connectivity index (χ0) is 14.5. The predicted octanol–water partition coefficient (Wildman–Crippen LogP) is 2.77. The van der Waals surface area contributed by atoms with Gasteiger partial charge in [-0.15, -0.1) is 0 Å². The normalized spacial score (nSPS) is 10.1. The monoisotopic (exact) mass is 270 g/mol. The average Bonchev–Trinajstić information content (AvgIpc) is 2.43. The van der Waals surface area contributed by atoms with Gasteiger partial charge in [-0.25, -0.2) is 0 Å². The second kappa shape index (κ2) is 6.10. The molecular formula is C16H18N2O2. The Kier molecular flexibility index (Phi) is 4.25. The van der Waals surface area contributed by atoms with Crippen molar-refractivity contribution in [2.24, 2.45) is 0 Å². The van der Waals surface area contributed by atoms with Gasteiger partial charge in [0.2, 0.25) is 5.91 Å². The maximum absolute atomic E-state index is 12.0. The molecule has 104 valence electrons. The zero-order valence-electron chi connectivity index (χ0n) is 11.6. The number of nitrogens with two attached hydrogens (primary N) is 1. The van der Waals surface area contributed by atoms with Gasteiger partial charge in [-0.3, -0.25) is 4.79 Å². The topological polar surface area (TPSA) is 64.3 Å². The van der Waals surface area contributed by atoms with Crippen LogP contribution in [0.25, 0.3) is 0 Å². The molecule has 0 spiro atoms. The third-order valence-corrected chi connectivity index (χ3v) is 3.00. The first kappa shape index (κ1) is 13.9. The van der Waals surface area contributed by atoms with Crippen LogP contribution in [0.3, 0.4) is 0 Å². The Hall–Kier alpha value is -2.49. The number of aryl methyl sites for hydroxylation is 1. The summed E-state index contributed by atoms with van der Waals surface area (Å²) in [6.45, 7) is 2.02. The molecule has 2 rings (SSSR count). The molecular weight excluding hydrogens is 252 g/mol. The first-order valence-corrected chi connectivity index (χ1v) is 6.37. The number of methoxy groups -OCH3 is 1. The van der Waals surface area contributed by atoms with Crippen molar-refractivity contribution in [3.8, 4) is 5.75 Å². The molecule has 4 nitrogen and oxygen atoms in total. The van der Waals surface area contributed by atoms with Gasteiger partial charge in [0.05, 0.1) is 19.2 Å². The Morgan fingerprint density at radius 1 is 1.20 bits per heavy atom. The van der Waals surface area contributed by atoms with E-state index < -0.39 is 0 Å². The standard InChI is InChI=1S/C16H18N2O2/c1-11-3-5-12(6-4-11)9-16(19)18-13-7-8-14(17)15(10-13)20-2/h3-8,10H,9,17H2,1-2H3,(H,18,19). The van der Waals surface area contributed by atoms with Crippen molar-refractivity contribution in [2.75, 3.05) is 18.2 Å². The number of carbonyl (C=O) groups excluding carboxylic acids is 1. The molecule has 4 heteroatoms. The van der Waals surface area contributed by atoms with Crippen molar-refractivity contribution in [2.45, 2.75) is 13.3 Å². The van der Waals surface area contributed by atoms with Gasteiger partial charge in [0.15, 0.2) is 0 Å². The van der Waals surface area contributed by atoms with Crippen LogP contribution in [0.15, 0.2) is 42.5 Å². The summed E-state index contributed by atoms with van der Waals surface area (Å²) in [5.41, 5.74) is 9.11. The van der Waals surface area contributed by atoms with Gasteiger partial charge in [-0.2, -0.15) is 0 Å². The van der Waals surface area contributed by atoms with Gasteiger partial charge in [0.25, 0.3) is 0 Å². The molecule has 0 aromatic heterocycles. The Labute approximate surface area is 118 Å². The summed E-state index contributed by atoms with van der Waals surface area (Å²) in [5.74, 6) is 0.485. The summed E-state index contributed by atoms with van der Waals surface area (Å²) in [7, 11) is 1.55. The minimum atomic E-state index is -0.0688. The molecule has 20 heavy (non-hydrogen) atoms. The number of nitrogens with one attached hydrogen (secondary N) is 1. The lowest BCUT2D eigenvalue weighted by Crippen LogP contribution is -2.14. The van der Waals surface area contributed by atoms with E-state index in [1.807, 2.05) is 31.2 Å². The van der Waals surface area contributed by atoms with Crippen LogP contribution in [-0.4, -0.2) is 13.0 Å². The summed E-state index contributed by atoms with van der Waals surface area (Å²) < 4.78 is 5.12. The van der Waals surface area contributed by atoms with Crippen LogP contribution < -0.4 is 15.8 Å². The molecule has 0 saturated carbocycles. The van der Waals surface area contributed by atoms with E-state index in [9.17, 15) is 4.79 Å². The smallest absolute Gasteiger partial charge is 0.228 e. The number of hydrogen-bond donors (Lipinski definition) is 2. The number of ether oxygens (including phenoxy) is 1. The second-order valence-corrected chi connectivity index (χ2v) is 4.67. The Bertz CT molecular complexity index is 606. The van der Waals surface area contributed by atoms with Crippen LogP contribution in [0, 0.1) is 6.92 Å².